The molecule has 1 aromatic rings. The fourth-order valence-electron chi connectivity index (χ4n) is 2.89. The van der Waals surface area contributed by atoms with Gasteiger partial charge in [0.25, 0.3) is 0 Å². The molecule has 0 saturated carbocycles. The number of fused-ring (bicyclic) bond motifs is 1. The van der Waals surface area contributed by atoms with E-state index in [9.17, 15) is 0 Å². The minimum absolute atomic E-state index is 0.441. The van der Waals surface area contributed by atoms with E-state index in [0.29, 0.717) is 12.0 Å². The van der Waals surface area contributed by atoms with E-state index in [-0.39, 0.29) is 0 Å². The quantitative estimate of drug-likeness (QED) is 0.838. The van der Waals surface area contributed by atoms with Gasteiger partial charge in [0.2, 0.25) is 0 Å². The van der Waals surface area contributed by atoms with Gasteiger partial charge in [0.15, 0.2) is 0 Å². The van der Waals surface area contributed by atoms with Crippen LogP contribution >= 0.6 is 0 Å². The van der Waals surface area contributed by atoms with Gasteiger partial charge in [-0.25, -0.2) is 0 Å². The number of nitrogens with two attached hydrogens (primary N) is 1. The van der Waals surface area contributed by atoms with Crippen molar-refractivity contribution in [2.24, 2.45) is 11.7 Å². The van der Waals surface area contributed by atoms with Gasteiger partial charge < -0.3 is 11.1 Å². The first-order valence-electron chi connectivity index (χ1n) is 7.23. The highest BCUT2D eigenvalue weighted by Crippen LogP contribution is 2.27. The zero-order valence-electron chi connectivity index (χ0n) is 11.7. The number of hydrogen-bond donors (Lipinski definition) is 2. The van der Waals surface area contributed by atoms with Crippen molar-refractivity contribution in [3.63, 3.8) is 0 Å². The molecule has 2 unspecified atom stereocenters. The smallest absolute Gasteiger partial charge is 0.0320 e. The fraction of sp³-hybridized carbons (Fsp3) is 0.625. The predicted octanol–water partition coefficient (Wildman–Crippen LogP) is 2.81. The van der Waals surface area contributed by atoms with Crippen LogP contribution in [0.15, 0.2) is 18.2 Å². The molecule has 0 amide bonds. The summed E-state index contributed by atoms with van der Waals surface area (Å²) >= 11 is 0. The molecule has 1 aliphatic rings. The molecule has 0 saturated heterocycles. The molecule has 0 fully saturated rings. The molecule has 2 atom stereocenters. The van der Waals surface area contributed by atoms with E-state index < -0.39 is 0 Å². The summed E-state index contributed by atoms with van der Waals surface area (Å²) < 4.78 is 0. The third kappa shape index (κ3) is 3.12. The first-order valence-corrected chi connectivity index (χ1v) is 7.23. The Hall–Kier alpha value is -0.860. The first-order chi connectivity index (χ1) is 8.74. The maximum Gasteiger partial charge on any atom is 0.0320 e. The van der Waals surface area contributed by atoms with Gasteiger partial charge in [-0.05, 0) is 68.3 Å². The van der Waals surface area contributed by atoms with E-state index in [4.69, 9.17) is 5.73 Å². The average Bonchev–Trinajstić information content (AvgIpc) is 2.44. The SMILES string of the molecule is CNC(CC(C)CN)c1ccc2c(c1)CCCC2. The molecule has 18 heavy (non-hydrogen) atoms. The van der Waals surface area contributed by atoms with Crippen LogP contribution in [0.4, 0.5) is 0 Å². The minimum atomic E-state index is 0.441. The highest BCUT2D eigenvalue weighted by molar-refractivity contribution is 5.35. The minimum Gasteiger partial charge on any atom is -0.330 e. The molecule has 2 rings (SSSR count). The summed E-state index contributed by atoms with van der Waals surface area (Å²) in [4.78, 5) is 0. The molecule has 0 aromatic heterocycles. The zero-order valence-corrected chi connectivity index (χ0v) is 11.7. The molecule has 0 radical (unpaired) electrons. The Labute approximate surface area is 111 Å². The lowest BCUT2D eigenvalue weighted by Gasteiger charge is -2.23. The molecule has 0 aliphatic heterocycles. The number of aryl methyl sites for hydroxylation is 2. The molecule has 1 aliphatic carbocycles. The summed E-state index contributed by atoms with van der Waals surface area (Å²) in [5, 5.41) is 3.43. The fourth-order valence-corrected chi connectivity index (χ4v) is 2.89. The maximum absolute atomic E-state index is 5.74. The van der Waals surface area contributed by atoms with E-state index in [1.165, 1.54) is 31.2 Å². The lowest BCUT2D eigenvalue weighted by molar-refractivity contribution is 0.437. The second-order valence-electron chi connectivity index (χ2n) is 5.65. The number of hydrogen-bond acceptors (Lipinski definition) is 2. The van der Waals surface area contributed by atoms with Crippen LogP contribution in [0.1, 0.15) is 48.9 Å². The summed E-state index contributed by atoms with van der Waals surface area (Å²) in [5.41, 5.74) is 10.3. The van der Waals surface area contributed by atoms with Crippen molar-refractivity contribution < 1.29 is 0 Å². The van der Waals surface area contributed by atoms with Gasteiger partial charge in [-0.1, -0.05) is 25.1 Å². The van der Waals surface area contributed by atoms with Crippen molar-refractivity contribution in [3.05, 3.63) is 34.9 Å². The molecule has 3 N–H and O–H groups in total. The molecule has 2 nitrogen and oxygen atoms in total. The Bertz CT molecular complexity index is 387. The van der Waals surface area contributed by atoms with Crippen LogP contribution < -0.4 is 11.1 Å². The van der Waals surface area contributed by atoms with E-state index >= 15 is 0 Å². The van der Waals surface area contributed by atoms with Crippen molar-refractivity contribution in [3.8, 4) is 0 Å². The van der Waals surface area contributed by atoms with Crippen LogP contribution in [-0.4, -0.2) is 13.6 Å². The Morgan fingerprint density at radius 1 is 1.22 bits per heavy atom. The monoisotopic (exact) mass is 246 g/mol. The first kappa shape index (κ1) is 13.6. The molecule has 100 valence electrons. The third-order valence-electron chi connectivity index (χ3n) is 4.16. The molecular formula is C16H26N2. The average molecular weight is 246 g/mol. The summed E-state index contributed by atoms with van der Waals surface area (Å²) in [6, 6.07) is 7.49. The van der Waals surface area contributed by atoms with Crippen LogP contribution in [-0.2, 0) is 12.8 Å². The van der Waals surface area contributed by atoms with Crippen LogP contribution in [0, 0.1) is 5.92 Å². The van der Waals surface area contributed by atoms with Crippen molar-refractivity contribution >= 4 is 0 Å². The molecule has 0 spiro atoms. The van der Waals surface area contributed by atoms with Crippen LogP contribution in [0.2, 0.25) is 0 Å². The standard InChI is InChI=1S/C16H26N2/c1-12(11-17)9-16(18-2)15-8-7-13-5-3-4-6-14(13)10-15/h7-8,10,12,16,18H,3-6,9,11,17H2,1-2H3. The van der Waals surface area contributed by atoms with Crippen LogP contribution in [0.25, 0.3) is 0 Å². The predicted molar refractivity (Wildman–Crippen MR) is 77.7 cm³/mol. The Balaban J connectivity index is 2.15. The second-order valence-corrected chi connectivity index (χ2v) is 5.65. The van der Waals surface area contributed by atoms with Gasteiger partial charge in [-0.3, -0.25) is 0 Å². The molecule has 2 heteroatoms. The van der Waals surface area contributed by atoms with Gasteiger partial charge in [-0.2, -0.15) is 0 Å². The van der Waals surface area contributed by atoms with E-state index in [1.54, 1.807) is 11.1 Å². The highest BCUT2D eigenvalue weighted by Gasteiger charge is 2.15. The normalized spacial score (nSPS) is 18.2. The van der Waals surface area contributed by atoms with Crippen LogP contribution in [0.3, 0.4) is 0 Å². The third-order valence-corrected chi connectivity index (χ3v) is 4.16. The van der Waals surface area contributed by atoms with E-state index in [0.717, 1.165) is 13.0 Å². The molecule has 0 heterocycles. The van der Waals surface area contributed by atoms with E-state index in [2.05, 4.69) is 30.4 Å². The molecule has 0 bridgehead atoms. The number of nitrogens with one attached hydrogen (secondary N) is 1. The highest BCUT2D eigenvalue weighted by atomic mass is 14.9. The Kier molecular flexibility index (Phi) is 4.79. The summed E-state index contributed by atoms with van der Waals surface area (Å²) in [7, 11) is 2.05. The van der Waals surface area contributed by atoms with E-state index in [1.807, 2.05) is 7.05 Å². The lowest BCUT2D eigenvalue weighted by Crippen LogP contribution is -2.22. The summed E-state index contributed by atoms with van der Waals surface area (Å²) in [6.45, 7) is 2.99. The van der Waals surface area contributed by atoms with Gasteiger partial charge in [0, 0.05) is 6.04 Å². The molecule has 1 aromatic carbocycles. The Morgan fingerprint density at radius 3 is 2.61 bits per heavy atom. The topological polar surface area (TPSA) is 38.0 Å². The number of benzene rings is 1. The van der Waals surface area contributed by atoms with Crippen molar-refractivity contribution in [1.82, 2.24) is 5.32 Å². The van der Waals surface area contributed by atoms with Gasteiger partial charge in [0.1, 0.15) is 0 Å². The van der Waals surface area contributed by atoms with Gasteiger partial charge >= 0.3 is 0 Å². The maximum atomic E-state index is 5.74. The largest absolute Gasteiger partial charge is 0.330 e. The Morgan fingerprint density at radius 2 is 1.94 bits per heavy atom. The van der Waals surface area contributed by atoms with Crippen molar-refractivity contribution in [2.45, 2.75) is 45.1 Å². The van der Waals surface area contributed by atoms with Gasteiger partial charge in [-0.15, -0.1) is 0 Å². The number of rotatable bonds is 5. The summed E-state index contributed by atoms with van der Waals surface area (Å²) in [6.07, 6.45) is 6.34. The zero-order chi connectivity index (χ0) is 13.0. The van der Waals surface area contributed by atoms with Crippen molar-refractivity contribution in [1.29, 1.82) is 0 Å². The second kappa shape index (κ2) is 6.35. The molecular weight excluding hydrogens is 220 g/mol. The van der Waals surface area contributed by atoms with Gasteiger partial charge in [0.05, 0.1) is 0 Å². The lowest BCUT2D eigenvalue weighted by atomic mass is 9.87. The summed E-state index contributed by atoms with van der Waals surface area (Å²) in [5.74, 6) is 0.568. The van der Waals surface area contributed by atoms with Crippen LogP contribution in [0.5, 0.6) is 0 Å². The van der Waals surface area contributed by atoms with Crippen molar-refractivity contribution in [2.75, 3.05) is 13.6 Å².